The van der Waals surface area contributed by atoms with Crippen molar-refractivity contribution in [2.45, 2.75) is 26.2 Å². The van der Waals surface area contributed by atoms with Crippen LogP contribution < -0.4 is 10.2 Å². The first-order valence-corrected chi connectivity index (χ1v) is 8.74. The number of nitrogens with one attached hydrogen (secondary N) is 1. The van der Waals surface area contributed by atoms with Crippen LogP contribution in [-0.4, -0.2) is 18.2 Å². The van der Waals surface area contributed by atoms with Crippen molar-refractivity contribution >= 4 is 34.8 Å². The number of hydrazone groups is 1. The highest BCUT2D eigenvalue weighted by Crippen LogP contribution is 2.27. The maximum absolute atomic E-state index is 11.8. The van der Waals surface area contributed by atoms with Crippen LogP contribution >= 0.6 is 23.2 Å². The van der Waals surface area contributed by atoms with Crippen LogP contribution in [0.5, 0.6) is 5.75 Å². The molecule has 0 heterocycles. The third kappa shape index (κ3) is 7.16. The zero-order valence-corrected chi connectivity index (χ0v) is 15.5. The van der Waals surface area contributed by atoms with E-state index in [0.717, 1.165) is 11.3 Å². The van der Waals surface area contributed by atoms with Gasteiger partial charge < -0.3 is 4.74 Å². The first kappa shape index (κ1) is 19.3. The number of carbonyl (C=O) groups excluding carboxylic acids is 1. The molecule has 1 N–H and O–H groups in total. The molecule has 0 atom stereocenters. The Bertz CT molecular complexity index is 733. The second-order valence-corrected chi connectivity index (χ2v) is 6.41. The van der Waals surface area contributed by atoms with E-state index in [1.165, 1.54) is 0 Å². The lowest BCUT2D eigenvalue weighted by Crippen LogP contribution is -2.20. The fourth-order valence-electron chi connectivity index (χ4n) is 2.15. The molecule has 4 nitrogen and oxygen atoms in total. The summed E-state index contributed by atoms with van der Waals surface area (Å²) in [7, 11) is 0. The van der Waals surface area contributed by atoms with E-state index in [0.29, 0.717) is 41.7 Å². The molecular formula is C19H20Cl2N2O2. The third-order valence-electron chi connectivity index (χ3n) is 3.37. The molecule has 0 bridgehead atoms. The van der Waals surface area contributed by atoms with Gasteiger partial charge >= 0.3 is 0 Å². The van der Waals surface area contributed by atoms with Gasteiger partial charge in [0.1, 0.15) is 5.75 Å². The van der Waals surface area contributed by atoms with Gasteiger partial charge in [-0.05, 0) is 37.1 Å². The lowest BCUT2D eigenvalue weighted by atomic mass is 10.1. The van der Waals surface area contributed by atoms with Gasteiger partial charge in [0.25, 0.3) is 0 Å². The predicted molar refractivity (Wildman–Crippen MR) is 103 cm³/mol. The molecular weight excluding hydrogens is 359 g/mol. The number of carbonyl (C=O) groups is 1. The number of nitrogens with zero attached hydrogens (tertiary/aromatic N) is 1. The number of hydrogen-bond donors (Lipinski definition) is 1. The van der Waals surface area contributed by atoms with E-state index in [9.17, 15) is 4.79 Å². The molecule has 0 aliphatic heterocycles. The van der Waals surface area contributed by atoms with E-state index in [-0.39, 0.29) is 5.91 Å². The zero-order valence-electron chi connectivity index (χ0n) is 14.0. The monoisotopic (exact) mass is 378 g/mol. The van der Waals surface area contributed by atoms with Crippen molar-refractivity contribution in [2.24, 2.45) is 5.10 Å². The normalized spacial score (nSPS) is 11.2. The van der Waals surface area contributed by atoms with Crippen molar-refractivity contribution in [3.63, 3.8) is 0 Å². The Hall–Kier alpha value is -2.04. The second-order valence-electron chi connectivity index (χ2n) is 5.57. The van der Waals surface area contributed by atoms with E-state index >= 15 is 0 Å². The molecule has 0 saturated carbocycles. The lowest BCUT2D eigenvalue weighted by Gasteiger charge is -2.08. The number of hydrogen-bond acceptors (Lipinski definition) is 3. The van der Waals surface area contributed by atoms with Gasteiger partial charge in [-0.1, -0.05) is 53.5 Å². The Morgan fingerprint density at radius 2 is 1.92 bits per heavy atom. The molecule has 0 spiro atoms. The summed E-state index contributed by atoms with van der Waals surface area (Å²) in [6, 6.07) is 15.0. The summed E-state index contributed by atoms with van der Waals surface area (Å²) in [4.78, 5) is 11.8. The highest BCUT2D eigenvalue weighted by molar-refractivity contribution is 6.35. The minimum Gasteiger partial charge on any atom is -0.492 e. The van der Waals surface area contributed by atoms with Gasteiger partial charge in [0.15, 0.2) is 0 Å². The molecule has 6 heteroatoms. The quantitative estimate of drug-likeness (QED) is 0.404. The largest absolute Gasteiger partial charge is 0.492 e. The van der Waals surface area contributed by atoms with E-state index in [1.54, 1.807) is 18.2 Å². The Balaban J connectivity index is 1.67. The minimum atomic E-state index is -0.141. The summed E-state index contributed by atoms with van der Waals surface area (Å²) >= 11 is 11.8. The van der Waals surface area contributed by atoms with Crippen LogP contribution in [0.3, 0.4) is 0 Å². The van der Waals surface area contributed by atoms with Crippen LogP contribution in [0.4, 0.5) is 0 Å². The van der Waals surface area contributed by atoms with Crippen molar-refractivity contribution in [3.8, 4) is 5.75 Å². The van der Waals surface area contributed by atoms with Crippen LogP contribution in [-0.2, 0) is 11.2 Å². The van der Waals surface area contributed by atoms with Crippen LogP contribution in [0.15, 0.2) is 53.6 Å². The number of rotatable bonds is 8. The van der Waals surface area contributed by atoms with Crippen molar-refractivity contribution in [2.75, 3.05) is 6.61 Å². The van der Waals surface area contributed by atoms with Crippen molar-refractivity contribution < 1.29 is 9.53 Å². The predicted octanol–water partition coefficient (Wildman–Crippen LogP) is 4.89. The highest BCUT2D eigenvalue weighted by Gasteiger charge is 2.04. The molecule has 132 valence electrons. The van der Waals surface area contributed by atoms with Crippen LogP contribution in [0.2, 0.25) is 10.0 Å². The zero-order chi connectivity index (χ0) is 18.1. The van der Waals surface area contributed by atoms with Gasteiger partial charge in [-0.15, -0.1) is 0 Å². The van der Waals surface area contributed by atoms with Gasteiger partial charge in [0.2, 0.25) is 5.91 Å². The van der Waals surface area contributed by atoms with Crippen molar-refractivity contribution in [3.05, 3.63) is 64.1 Å². The third-order valence-corrected chi connectivity index (χ3v) is 3.90. The molecule has 1 amide bonds. The van der Waals surface area contributed by atoms with E-state index in [4.69, 9.17) is 27.9 Å². The minimum absolute atomic E-state index is 0.141. The summed E-state index contributed by atoms with van der Waals surface area (Å²) < 4.78 is 5.54. The molecule has 2 rings (SSSR count). The maximum atomic E-state index is 11.8. The summed E-state index contributed by atoms with van der Waals surface area (Å²) in [6.07, 6.45) is 1.60. The summed E-state index contributed by atoms with van der Waals surface area (Å²) in [5.74, 6) is 0.418. The molecule has 0 aromatic heterocycles. The standard InChI is InChI=1S/C19H20Cl2N2O2/c1-14(12-15-6-3-2-4-7-15)22-23-19(24)8-5-11-25-18-10-9-16(20)13-17(18)21/h2-4,6-7,9-10,13H,5,8,11-12H2,1H3,(H,23,24)/b22-14-. The first-order valence-electron chi connectivity index (χ1n) is 7.98. The summed E-state index contributed by atoms with van der Waals surface area (Å²) in [5, 5.41) is 5.13. The second kappa shape index (κ2) is 10.1. The van der Waals surface area contributed by atoms with Gasteiger partial charge in [-0.3, -0.25) is 4.79 Å². The molecule has 0 unspecified atom stereocenters. The Labute approximate surface area is 157 Å². The molecule has 2 aromatic rings. The maximum Gasteiger partial charge on any atom is 0.240 e. The average Bonchev–Trinajstić information content (AvgIpc) is 2.59. The average molecular weight is 379 g/mol. The number of benzene rings is 2. The molecule has 2 aromatic carbocycles. The van der Waals surface area contributed by atoms with E-state index in [2.05, 4.69) is 10.5 Å². The van der Waals surface area contributed by atoms with Crippen LogP contribution in [0.1, 0.15) is 25.3 Å². The Morgan fingerprint density at radius 3 is 2.64 bits per heavy atom. The highest BCUT2D eigenvalue weighted by atomic mass is 35.5. The van der Waals surface area contributed by atoms with E-state index in [1.807, 2.05) is 37.3 Å². The number of ether oxygens (including phenoxy) is 1. The van der Waals surface area contributed by atoms with Gasteiger partial charge in [-0.25, -0.2) is 5.43 Å². The van der Waals surface area contributed by atoms with E-state index < -0.39 is 0 Å². The van der Waals surface area contributed by atoms with Gasteiger partial charge in [0.05, 0.1) is 11.6 Å². The molecule has 0 saturated heterocycles. The van der Waals surface area contributed by atoms with Crippen molar-refractivity contribution in [1.29, 1.82) is 0 Å². The Morgan fingerprint density at radius 1 is 1.16 bits per heavy atom. The number of amides is 1. The smallest absolute Gasteiger partial charge is 0.240 e. The van der Waals surface area contributed by atoms with Gasteiger partial charge in [0, 0.05) is 23.6 Å². The topological polar surface area (TPSA) is 50.7 Å². The Kier molecular flexibility index (Phi) is 7.76. The van der Waals surface area contributed by atoms with Crippen molar-refractivity contribution in [1.82, 2.24) is 5.43 Å². The van der Waals surface area contributed by atoms with Crippen LogP contribution in [0, 0.1) is 0 Å². The molecule has 0 aliphatic carbocycles. The number of halogens is 2. The molecule has 0 aliphatic rings. The SMILES string of the molecule is C/C(Cc1ccccc1)=N/NC(=O)CCCOc1ccc(Cl)cc1Cl. The van der Waals surface area contributed by atoms with Gasteiger partial charge in [-0.2, -0.15) is 5.10 Å². The summed E-state index contributed by atoms with van der Waals surface area (Å²) in [5.41, 5.74) is 4.58. The molecule has 25 heavy (non-hydrogen) atoms. The summed E-state index contributed by atoms with van der Waals surface area (Å²) in [6.45, 7) is 2.28. The lowest BCUT2D eigenvalue weighted by molar-refractivity contribution is -0.121. The first-order chi connectivity index (χ1) is 12.0. The fourth-order valence-corrected chi connectivity index (χ4v) is 2.61. The van der Waals surface area contributed by atoms with Crippen LogP contribution in [0.25, 0.3) is 0 Å². The fraction of sp³-hybridized carbons (Fsp3) is 0.263. The molecule has 0 fully saturated rings. The molecule has 0 radical (unpaired) electrons.